The third-order valence-electron chi connectivity index (χ3n) is 5.42. The first kappa shape index (κ1) is 21.2. The summed E-state index contributed by atoms with van der Waals surface area (Å²) in [5, 5.41) is 14.8. The van der Waals surface area contributed by atoms with Crippen LogP contribution in [0.1, 0.15) is 16.8 Å². The van der Waals surface area contributed by atoms with Crippen molar-refractivity contribution in [3.8, 4) is 16.6 Å². The molecule has 3 aromatic rings. The standard InChI is InChI=1S/C24H25N5OS/c1-28-10-12-29(13-11-28)16-18-6-8-19(9-7-18)24-26-21(17-31-24)14-23(30)27-22-5-3-2-4-20(22)15-25/h2-9,17H,10-14,16H2,1H3,(H,27,30). The quantitative estimate of drug-likeness (QED) is 0.646. The van der Waals surface area contributed by atoms with E-state index in [9.17, 15) is 4.79 Å². The van der Waals surface area contributed by atoms with Crippen LogP contribution in [0.25, 0.3) is 10.6 Å². The fourth-order valence-corrected chi connectivity index (χ4v) is 4.41. The molecule has 6 nitrogen and oxygen atoms in total. The Bertz CT molecular complexity index is 1080. The van der Waals surface area contributed by atoms with E-state index in [1.165, 1.54) is 5.56 Å². The summed E-state index contributed by atoms with van der Waals surface area (Å²) >= 11 is 1.54. The summed E-state index contributed by atoms with van der Waals surface area (Å²) < 4.78 is 0. The topological polar surface area (TPSA) is 72.3 Å². The zero-order valence-corrected chi connectivity index (χ0v) is 18.4. The monoisotopic (exact) mass is 431 g/mol. The van der Waals surface area contributed by atoms with Crippen LogP contribution < -0.4 is 5.32 Å². The van der Waals surface area contributed by atoms with E-state index >= 15 is 0 Å². The molecule has 2 aromatic carbocycles. The van der Waals surface area contributed by atoms with Crippen LogP contribution in [0.15, 0.2) is 53.9 Å². The van der Waals surface area contributed by atoms with E-state index in [4.69, 9.17) is 5.26 Å². The van der Waals surface area contributed by atoms with Crippen molar-refractivity contribution in [3.63, 3.8) is 0 Å². The average molecular weight is 432 g/mol. The Morgan fingerprint density at radius 2 is 1.87 bits per heavy atom. The first-order valence-electron chi connectivity index (χ1n) is 10.3. The van der Waals surface area contributed by atoms with Crippen molar-refractivity contribution in [3.05, 3.63) is 70.7 Å². The number of piperazine rings is 1. The minimum absolute atomic E-state index is 0.178. The molecule has 0 atom stereocenters. The third-order valence-corrected chi connectivity index (χ3v) is 6.36. The van der Waals surface area contributed by atoms with Gasteiger partial charge in [0.05, 0.1) is 23.4 Å². The van der Waals surface area contributed by atoms with Gasteiger partial charge >= 0.3 is 0 Å². The van der Waals surface area contributed by atoms with E-state index in [-0.39, 0.29) is 12.3 Å². The zero-order valence-electron chi connectivity index (χ0n) is 17.5. The molecule has 0 bridgehead atoms. The van der Waals surface area contributed by atoms with Gasteiger partial charge in [-0.05, 0) is 24.7 Å². The van der Waals surface area contributed by atoms with Gasteiger partial charge in [0.25, 0.3) is 0 Å². The number of anilines is 1. The van der Waals surface area contributed by atoms with Crippen LogP contribution in [-0.2, 0) is 17.8 Å². The minimum Gasteiger partial charge on any atom is -0.325 e. The predicted octanol–water partition coefficient (Wildman–Crippen LogP) is 3.61. The Balaban J connectivity index is 1.35. The molecule has 31 heavy (non-hydrogen) atoms. The zero-order chi connectivity index (χ0) is 21.6. The molecule has 158 valence electrons. The minimum atomic E-state index is -0.179. The lowest BCUT2D eigenvalue weighted by molar-refractivity contribution is -0.115. The van der Waals surface area contributed by atoms with Crippen molar-refractivity contribution in [2.45, 2.75) is 13.0 Å². The number of para-hydroxylation sites is 1. The Morgan fingerprint density at radius 3 is 2.61 bits per heavy atom. The number of nitriles is 1. The number of rotatable bonds is 6. The van der Waals surface area contributed by atoms with Crippen LogP contribution in [0.5, 0.6) is 0 Å². The van der Waals surface area contributed by atoms with Crippen molar-refractivity contribution in [2.24, 2.45) is 0 Å². The lowest BCUT2D eigenvalue weighted by Gasteiger charge is -2.32. The van der Waals surface area contributed by atoms with E-state index in [0.29, 0.717) is 11.3 Å². The van der Waals surface area contributed by atoms with Crippen LogP contribution in [-0.4, -0.2) is 53.9 Å². The molecule has 4 rings (SSSR count). The van der Waals surface area contributed by atoms with E-state index in [0.717, 1.165) is 49.0 Å². The van der Waals surface area contributed by atoms with Crippen LogP contribution >= 0.6 is 11.3 Å². The molecule has 1 aliphatic heterocycles. The van der Waals surface area contributed by atoms with Crippen LogP contribution in [0.3, 0.4) is 0 Å². The molecule has 0 aliphatic carbocycles. The van der Waals surface area contributed by atoms with Gasteiger partial charge in [-0.1, -0.05) is 36.4 Å². The maximum absolute atomic E-state index is 12.4. The Kier molecular flexibility index (Phi) is 6.73. The molecule has 2 heterocycles. The first-order valence-corrected chi connectivity index (χ1v) is 11.2. The number of hydrogen-bond donors (Lipinski definition) is 1. The largest absolute Gasteiger partial charge is 0.325 e. The molecule has 1 amide bonds. The smallest absolute Gasteiger partial charge is 0.230 e. The number of hydrogen-bond acceptors (Lipinski definition) is 6. The second-order valence-corrected chi connectivity index (χ2v) is 8.66. The molecule has 1 aliphatic rings. The van der Waals surface area contributed by atoms with E-state index < -0.39 is 0 Å². The second-order valence-electron chi connectivity index (χ2n) is 7.80. The van der Waals surface area contributed by atoms with Crippen LogP contribution in [0, 0.1) is 11.3 Å². The van der Waals surface area contributed by atoms with Crippen LogP contribution in [0.2, 0.25) is 0 Å². The summed E-state index contributed by atoms with van der Waals surface area (Å²) in [6.45, 7) is 5.43. The highest BCUT2D eigenvalue weighted by molar-refractivity contribution is 7.13. The van der Waals surface area contributed by atoms with E-state index in [1.807, 2.05) is 5.38 Å². The molecule has 0 saturated carbocycles. The lowest BCUT2D eigenvalue weighted by Crippen LogP contribution is -2.43. The van der Waals surface area contributed by atoms with Gasteiger partial charge in [-0.3, -0.25) is 9.69 Å². The highest BCUT2D eigenvalue weighted by atomic mass is 32.1. The highest BCUT2D eigenvalue weighted by Crippen LogP contribution is 2.25. The molecular formula is C24H25N5OS. The lowest BCUT2D eigenvalue weighted by atomic mass is 10.1. The second kappa shape index (κ2) is 9.84. The number of carbonyl (C=O) groups is 1. The molecule has 7 heteroatoms. The first-order chi connectivity index (χ1) is 15.1. The molecule has 0 spiro atoms. The summed E-state index contributed by atoms with van der Waals surface area (Å²) in [6, 6.07) is 17.6. The molecule has 0 unspecified atom stereocenters. The number of carbonyl (C=O) groups excluding carboxylic acids is 1. The van der Waals surface area contributed by atoms with Crippen molar-refractivity contribution in [2.75, 3.05) is 38.5 Å². The van der Waals surface area contributed by atoms with Gasteiger partial charge in [0.1, 0.15) is 11.1 Å². The fourth-order valence-electron chi connectivity index (χ4n) is 3.59. The number of benzene rings is 2. The Labute approximate surface area is 186 Å². The van der Waals surface area contributed by atoms with Crippen molar-refractivity contribution < 1.29 is 4.79 Å². The third kappa shape index (κ3) is 5.56. The summed E-state index contributed by atoms with van der Waals surface area (Å²) in [6.07, 6.45) is 0.178. The van der Waals surface area contributed by atoms with Crippen molar-refractivity contribution >= 4 is 22.9 Å². The molecule has 1 N–H and O–H groups in total. The number of thiazole rings is 1. The maximum atomic E-state index is 12.4. The van der Waals surface area contributed by atoms with Gasteiger partial charge in [0.15, 0.2) is 0 Å². The van der Waals surface area contributed by atoms with Gasteiger partial charge in [0, 0.05) is 43.7 Å². The Morgan fingerprint density at radius 1 is 1.13 bits per heavy atom. The van der Waals surface area contributed by atoms with Crippen molar-refractivity contribution in [1.82, 2.24) is 14.8 Å². The average Bonchev–Trinajstić information content (AvgIpc) is 3.24. The number of nitrogens with one attached hydrogen (secondary N) is 1. The van der Waals surface area contributed by atoms with Gasteiger partial charge in [-0.15, -0.1) is 11.3 Å². The summed E-state index contributed by atoms with van der Waals surface area (Å²) in [7, 11) is 2.17. The molecule has 0 radical (unpaired) electrons. The van der Waals surface area contributed by atoms with Crippen LogP contribution in [0.4, 0.5) is 5.69 Å². The highest BCUT2D eigenvalue weighted by Gasteiger charge is 2.14. The molecular weight excluding hydrogens is 406 g/mol. The predicted molar refractivity (Wildman–Crippen MR) is 124 cm³/mol. The SMILES string of the molecule is CN1CCN(Cc2ccc(-c3nc(CC(=O)Nc4ccccc4C#N)cs3)cc2)CC1. The Hall–Kier alpha value is -3.05. The number of aromatic nitrogens is 1. The summed E-state index contributed by atoms with van der Waals surface area (Å²) in [5.74, 6) is -0.179. The number of amides is 1. The maximum Gasteiger partial charge on any atom is 0.230 e. The van der Waals surface area contributed by atoms with Gasteiger partial charge in [-0.25, -0.2) is 4.98 Å². The fraction of sp³-hybridized carbons (Fsp3) is 0.292. The number of likely N-dealkylation sites (N-methyl/N-ethyl adjacent to an activating group) is 1. The summed E-state index contributed by atoms with van der Waals surface area (Å²) in [5.41, 5.74) is 4.08. The molecule has 1 aromatic heterocycles. The van der Waals surface area contributed by atoms with E-state index in [1.54, 1.807) is 35.6 Å². The summed E-state index contributed by atoms with van der Waals surface area (Å²) in [4.78, 5) is 21.9. The van der Waals surface area contributed by atoms with E-state index in [2.05, 4.69) is 57.5 Å². The van der Waals surface area contributed by atoms with Gasteiger partial charge in [-0.2, -0.15) is 5.26 Å². The number of nitrogens with zero attached hydrogens (tertiary/aromatic N) is 4. The molecule has 1 fully saturated rings. The van der Waals surface area contributed by atoms with Gasteiger partial charge in [0.2, 0.25) is 5.91 Å². The molecule has 1 saturated heterocycles. The normalized spacial score (nSPS) is 14.8. The van der Waals surface area contributed by atoms with Crippen molar-refractivity contribution in [1.29, 1.82) is 5.26 Å². The van der Waals surface area contributed by atoms with Gasteiger partial charge < -0.3 is 10.2 Å².